The maximum Gasteiger partial charge on any atom is 0.286 e. The summed E-state index contributed by atoms with van der Waals surface area (Å²) in [6.45, 7) is 2.00. The summed E-state index contributed by atoms with van der Waals surface area (Å²) in [5.41, 5.74) is 0. The lowest BCUT2D eigenvalue weighted by molar-refractivity contribution is -0.119. The maximum absolute atomic E-state index is 10.8. The van der Waals surface area contributed by atoms with E-state index in [0.29, 0.717) is 0 Å². The minimum Gasteiger partial charge on any atom is -0.286 e. The number of carbonyl (C=O) groups excluding carboxylic acids is 2. The Labute approximate surface area is 63.6 Å². The predicted octanol–water partition coefficient (Wildman–Crippen LogP) is 1.14. The molecule has 0 spiro atoms. The van der Waals surface area contributed by atoms with Gasteiger partial charge >= 0.3 is 0 Å². The summed E-state index contributed by atoms with van der Waals surface area (Å²) in [5.74, 6) is -0.128. The highest BCUT2D eigenvalue weighted by atomic mass is 32.2. The number of amides is 2. The van der Waals surface area contributed by atoms with E-state index in [4.69, 9.17) is 0 Å². The van der Waals surface area contributed by atoms with Crippen molar-refractivity contribution < 1.29 is 9.59 Å². The van der Waals surface area contributed by atoms with Crippen molar-refractivity contribution in [1.29, 1.82) is 0 Å². The molecule has 0 radical (unpaired) electrons. The number of nitrogens with one attached hydrogen (secondary N) is 1. The quantitative estimate of drug-likeness (QED) is 0.657. The Balaban J connectivity index is 2.46. The maximum atomic E-state index is 10.8. The second-order valence-corrected chi connectivity index (χ2v) is 3.35. The zero-order valence-electron chi connectivity index (χ0n) is 5.72. The number of thioether (sulfide) groups is 1. The number of carbonyl (C=O) groups is 2. The monoisotopic (exact) mass is 159 g/mol. The summed E-state index contributed by atoms with van der Waals surface area (Å²) >= 11 is 1.10. The Bertz CT molecular complexity index is 169. The zero-order chi connectivity index (χ0) is 7.56. The van der Waals surface area contributed by atoms with E-state index in [1.54, 1.807) is 0 Å². The van der Waals surface area contributed by atoms with E-state index < -0.39 is 0 Å². The van der Waals surface area contributed by atoms with Crippen molar-refractivity contribution in [2.45, 2.75) is 25.0 Å². The van der Waals surface area contributed by atoms with Crippen LogP contribution in [-0.4, -0.2) is 16.4 Å². The van der Waals surface area contributed by atoms with Crippen LogP contribution in [0.15, 0.2) is 0 Å². The van der Waals surface area contributed by atoms with Gasteiger partial charge in [0.2, 0.25) is 5.91 Å². The highest BCUT2D eigenvalue weighted by Crippen LogP contribution is 2.22. The Morgan fingerprint density at radius 3 is 2.70 bits per heavy atom. The Morgan fingerprint density at radius 1 is 1.60 bits per heavy atom. The highest BCUT2D eigenvalue weighted by Gasteiger charge is 2.30. The van der Waals surface area contributed by atoms with Gasteiger partial charge in [0, 0.05) is 0 Å². The van der Waals surface area contributed by atoms with Gasteiger partial charge in [-0.05, 0) is 6.42 Å². The van der Waals surface area contributed by atoms with E-state index >= 15 is 0 Å². The first kappa shape index (κ1) is 7.60. The topological polar surface area (TPSA) is 46.2 Å². The van der Waals surface area contributed by atoms with Gasteiger partial charge in [-0.3, -0.25) is 14.9 Å². The predicted molar refractivity (Wildman–Crippen MR) is 39.8 cm³/mol. The van der Waals surface area contributed by atoms with Crippen LogP contribution in [0.4, 0.5) is 4.79 Å². The second-order valence-electron chi connectivity index (χ2n) is 2.17. The lowest BCUT2D eigenvalue weighted by Crippen LogP contribution is -2.23. The summed E-state index contributed by atoms with van der Waals surface area (Å²) in [5, 5.41) is 1.90. The van der Waals surface area contributed by atoms with Crippen molar-refractivity contribution in [3.05, 3.63) is 0 Å². The molecule has 1 atom stereocenters. The van der Waals surface area contributed by atoms with Crippen LogP contribution in [0.25, 0.3) is 0 Å². The van der Waals surface area contributed by atoms with E-state index in [9.17, 15) is 9.59 Å². The van der Waals surface area contributed by atoms with Gasteiger partial charge in [0.05, 0.1) is 5.25 Å². The number of imide groups is 1. The summed E-state index contributed by atoms with van der Waals surface area (Å²) in [6.07, 6.45) is 1.74. The van der Waals surface area contributed by atoms with Crippen LogP contribution in [0.3, 0.4) is 0 Å². The van der Waals surface area contributed by atoms with E-state index in [1.165, 1.54) is 0 Å². The van der Waals surface area contributed by atoms with Crippen molar-refractivity contribution in [3.8, 4) is 0 Å². The van der Waals surface area contributed by atoms with Crippen molar-refractivity contribution in [2.24, 2.45) is 0 Å². The molecule has 0 unspecified atom stereocenters. The molecule has 1 aliphatic heterocycles. The largest absolute Gasteiger partial charge is 0.286 e. The van der Waals surface area contributed by atoms with E-state index in [-0.39, 0.29) is 16.4 Å². The highest BCUT2D eigenvalue weighted by molar-refractivity contribution is 8.15. The molecular formula is C6H9NO2S. The molecule has 10 heavy (non-hydrogen) atoms. The van der Waals surface area contributed by atoms with E-state index in [0.717, 1.165) is 24.6 Å². The van der Waals surface area contributed by atoms with Crippen molar-refractivity contribution in [3.63, 3.8) is 0 Å². The molecule has 2 amide bonds. The molecule has 1 fully saturated rings. The van der Waals surface area contributed by atoms with Crippen LogP contribution in [0.5, 0.6) is 0 Å². The minimum atomic E-state index is -0.205. The van der Waals surface area contributed by atoms with Crippen LogP contribution in [-0.2, 0) is 4.79 Å². The zero-order valence-corrected chi connectivity index (χ0v) is 6.53. The van der Waals surface area contributed by atoms with Crippen molar-refractivity contribution in [2.75, 3.05) is 0 Å². The van der Waals surface area contributed by atoms with Crippen molar-refractivity contribution >= 4 is 22.9 Å². The summed E-state index contributed by atoms with van der Waals surface area (Å²) < 4.78 is 0. The molecule has 0 aromatic heterocycles. The van der Waals surface area contributed by atoms with Gasteiger partial charge < -0.3 is 0 Å². The molecule has 3 nitrogen and oxygen atoms in total. The van der Waals surface area contributed by atoms with Crippen LogP contribution in [0.2, 0.25) is 0 Å². The SMILES string of the molecule is CCC[C@H]1SC(=O)NC1=O. The molecule has 1 aliphatic rings. The van der Waals surface area contributed by atoms with Gasteiger partial charge in [-0.1, -0.05) is 25.1 Å². The Hall–Kier alpha value is -0.510. The third kappa shape index (κ3) is 1.50. The molecule has 0 bridgehead atoms. The Morgan fingerprint density at radius 2 is 2.30 bits per heavy atom. The van der Waals surface area contributed by atoms with E-state index in [2.05, 4.69) is 5.32 Å². The molecule has 1 N–H and O–H groups in total. The fourth-order valence-electron chi connectivity index (χ4n) is 0.845. The molecular weight excluding hydrogens is 150 g/mol. The molecule has 56 valence electrons. The molecule has 1 heterocycles. The second kappa shape index (κ2) is 3.05. The number of hydrogen-bond donors (Lipinski definition) is 1. The average molecular weight is 159 g/mol. The number of hydrogen-bond acceptors (Lipinski definition) is 3. The van der Waals surface area contributed by atoms with Crippen LogP contribution in [0, 0.1) is 0 Å². The molecule has 0 aliphatic carbocycles. The third-order valence-electron chi connectivity index (χ3n) is 1.32. The standard InChI is InChI=1S/C6H9NO2S/c1-2-3-4-5(8)7-6(9)10-4/h4H,2-3H2,1H3,(H,7,8,9)/t4-/m1/s1. The summed E-state index contributed by atoms with van der Waals surface area (Å²) in [6, 6.07) is 0. The molecule has 1 rings (SSSR count). The lowest BCUT2D eigenvalue weighted by Gasteiger charge is -1.98. The van der Waals surface area contributed by atoms with Gasteiger partial charge in [-0.25, -0.2) is 0 Å². The van der Waals surface area contributed by atoms with Crippen molar-refractivity contribution in [1.82, 2.24) is 5.32 Å². The van der Waals surface area contributed by atoms with Crippen LogP contribution < -0.4 is 5.32 Å². The van der Waals surface area contributed by atoms with Gasteiger partial charge in [0.15, 0.2) is 0 Å². The first-order chi connectivity index (χ1) is 4.74. The first-order valence-corrected chi connectivity index (χ1v) is 4.13. The summed E-state index contributed by atoms with van der Waals surface area (Å²) in [7, 11) is 0. The van der Waals surface area contributed by atoms with Gasteiger partial charge in [-0.2, -0.15) is 0 Å². The lowest BCUT2D eigenvalue weighted by atomic mass is 10.2. The molecule has 1 saturated heterocycles. The van der Waals surface area contributed by atoms with Crippen LogP contribution >= 0.6 is 11.8 Å². The molecule has 0 aromatic carbocycles. The smallest absolute Gasteiger partial charge is 0.286 e. The van der Waals surface area contributed by atoms with Gasteiger partial charge in [0.1, 0.15) is 0 Å². The van der Waals surface area contributed by atoms with Crippen LogP contribution in [0.1, 0.15) is 19.8 Å². The normalized spacial score (nSPS) is 25.1. The summed E-state index contributed by atoms with van der Waals surface area (Å²) in [4.78, 5) is 21.4. The van der Waals surface area contributed by atoms with E-state index in [1.807, 2.05) is 6.92 Å². The molecule has 0 saturated carbocycles. The van der Waals surface area contributed by atoms with Gasteiger partial charge in [-0.15, -0.1) is 0 Å². The number of rotatable bonds is 2. The fourth-order valence-corrected chi connectivity index (χ4v) is 1.78. The molecule has 0 aromatic rings. The minimum absolute atomic E-state index is 0.127. The molecule has 4 heteroatoms. The Kier molecular flexibility index (Phi) is 2.32. The first-order valence-electron chi connectivity index (χ1n) is 3.25. The third-order valence-corrected chi connectivity index (χ3v) is 2.37. The average Bonchev–Trinajstić information content (AvgIpc) is 2.13. The van der Waals surface area contributed by atoms with Gasteiger partial charge in [0.25, 0.3) is 5.24 Å². The fraction of sp³-hybridized carbons (Fsp3) is 0.667.